The van der Waals surface area contributed by atoms with Crippen LogP contribution in [0.15, 0.2) is 36.4 Å². The highest BCUT2D eigenvalue weighted by Crippen LogP contribution is 2.22. The van der Waals surface area contributed by atoms with Crippen molar-refractivity contribution >= 4 is 18.4 Å². The fraction of sp³-hybridized carbons (Fsp3) is 0.333. The van der Waals surface area contributed by atoms with E-state index in [1.54, 1.807) is 0 Å². The Bertz CT molecular complexity index is 553. The first kappa shape index (κ1) is 14.8. The van der Waals surface area contributed by atoms with Crippen molar-refractivity contribution in [2.75, 3.05) is 18.0 Å². The van der Waals surface area contributed by atoms with Crippen molar-refractivity contribution in [1.29, 1.82) is 0 Å². The lowest BCUT2D eigenvalue weighted by Gasteiger charge is -2.17. The van der Waals surface area contributed by atoms with Gasteiger partial charge in [-0.1, -0.05) is 30.3 Å². The molecule has 0 spiro atoms. The lowest BCUT2D eigenvalue weighted by molar-refractivity contribution is 0.870. The molecule has 1 aliphatic heterocycles. The van der Waals surface area contributed by atoms with Gasteiger partial charge in [0.05, 0.1) is 11.4 Å². The van der Waals surface area contributed by atoms with Gasteiger partial charge in [-0.2, -0.15) is 0 Å². The summed E-state index contributed by atoms with van der Waals surface area (Å²) in [5.74, 6) is 0.819. The van der Waals surface area contributed by atoms with Gasteiger partial charge in [0.1, 0.15) is 0 Å². The normalized spacial score (nSPS) is 14.2. The highest BCUT2D eigenvalue weighted by Gasteiger charge is 2.16. The first-order chi connectivity index (χ1) is 9.36. The summed E-state index contributed by atoms with van der Waals surface area (Å²) >= 11 is 0. The number of halogens is 1. The van der Waals surface area contributed by atoms with Crippen LogP contribution in [0.25, 0.3) is 11.3 Å². The Labute approximate surface area is 125 Å². The topological polar surface area (TPSA) is 55.0 Å². The summed E-state index contributed by atoms with van der Waals surface area (Å²) in [4.78, 5) is 11.5. The molecule has 2 heterocycles. The van der Waals surface area contributed by atoms with E-state index in [4.69, 9.17) is 10.7 Å². The molecular weight excluding hydrogens is 272 g/mol. The van der Waals surface area contributed by atoms with Crippen molar-refractivity contribution in [2.24, 2.45) is 5.73 Å². The Morgan fingerprint density at radius 1 is 1.05 bits per heavy atom. The van der Waals surface area contributed by atoms with Crippen LogP contribution in [-0.2, 0) is 6.54 Å². The Morgan fingerprint density at radius 3 is 2.40 bits per heavy atom. The van der Waals surface area contributed by atoms with E-state index < -0.39 is 0 Å². The third-order valence-corrected chi connectivity index (χ3v) is 3.43. The summed E-state index contributed by atoms with van der Waals surface area (Å²) in [6.07, 6.45) is 2.44. The molecular formula is C15H19ClN4. The Balaban J connectivity index is 0.00000147. The van der Waals surface area contributed by atoms with Gasteiger partial charge in [0.2, 0.25) is 5.95 Å². The second-order valence-corrected chi connectivity index (χ2v) is 4.81. The van der Waals surface area contributed by atoms with Crippen molar-refractivity contribution in [3.63, 3.8) is 0 Å². The molecule has 1 aromatic carbocycles. The predicted octanol–water partition coefficient (Wildman–Crippen LogP) is 2.62. The molecule has 1 aromatic heterocycles. The number of nitrogens with zero attached hydrogens (tertiary/aromatic N) is 3. The lowest BCUT2D eigenvalue weighted by atomic mass is 10.1. The van der Waals surface area contributed by atoms with Crippen molar-refractivity contribution < 1.29 is 0 Å². The Morgan fingerprint density at radius 2 is 1.75 bits per heavy atom. The maximum absolute atomic E-state index is 5.76. The average Bonchev–Trinajstić information content (AvgIpc) is 3.02. The van der Waals surface area contributed by atoms with Gasteiger partial charge in [0.15, 0.2) is 0 Å². The van der Waals surface area contributed by atoms with Crippen molar-refractivity contribution in [3.8, 4) is 11.3 Å². The van der Waals surface area contributed by atoms with Gasteiger partial charge in [0.25, 0.3) is 0 Å². The molecule has 3 rings (SSSR count). The first-order valence-electron chi connectivity index (χ1n) is 6.75. The quantitative estimate of drug-likeness (QED) is 0.944. The van der Waals surface area contributed by atoms with Crippen molar-refractivity contribution in [1.82, 2.24) is 9.97 Å². The molecule has 0 aliphatic carbocycles. The minimum atomic E-state index is 0. The Hall–Kier alpha value is -1.65. The van der Waals surface area contributed by atoms with Crippen LogP contribution in [0.2, 0.25) is 0 Å². The van der Waals surface area contributed by atoms with Crippen molar-refractivity contribution in [3.05, 3.63) is 42.1 Å². The maximum Gasteiger partial charge on any atom is 0.226 e. The van der Waals surface area contributed by atoms with Crippen LogP contribution in [0.1, 0.15) is 18.5 Å². The zero-order valence-corrected chi connectivity index (χ0v) is 12.1. The molecule has 5 heteroatoms. The van der Waals surface area contributed by atoms with Crippen LogP contribution < -0.4 is 10.6 Å². The molecule has 0 unspecified atom stereocenters. The SMILES string of the molecule is Cl.NCc1cc(-c2ccccc2)nc(N2CCCC2)n1. The minimum absolute atomic E-state index is 0. The van der Waals surface area contributed by atoms with Crippen LogP contribution in [-0.4, -0.2) is 23.1 Å². The van der Waals surface area contributed by atoms with Crippen LogP contribution >= 0.6 is 12.4 Å². The molecule has 0 amide bonds. The largest absolute Gasteiger partial charge is 0.341 e. The number of benzene rings is 1. The highest BCUT2D eigenvalue weighted by molar-refractivity contribution is 5.85. The number of rotatable bonds is 3. The molecule has 1 fully saturated rings. The summed E-state index contributed by atoms with van der Waals surface area (Å²) in [5, 5.41) is 0. The van der Waals surface area contributed by atoms with E-state index in [1.165, 1.54) is 12.8 Å². The molecule has 0 radical (unpaired) electrons. The fourth-order valence-electron chi connectivity index (χ4n) is 2.40. The summed E-state index contributed by atoms with van der Waals surface area (Å²) in [6.45, 7) is 2.54. The first-order valence-corrected chi connectivity index (χ1v) is 6.75. The van der Waals surface area contributed by atoms with E-state index in [0.717, 1.165) is 36.0 Å². The van der Waals surface area contributed by atoms with E-state index >= 15 is 0 Å². The molecule has 106 valence electrons. The number of aromatic nitrogens is 2. The predicted molar refractivity (Wildman–Crippen MR) is 84.1 cm³/mol. The van der Waals surface area contributed by atoms with Gasteiger partial charge < -0.3 is 10.6 Å². The molecule has 0 atom stereocenters. The molecule has 2 aromatic rings. The summed E-state index contributed by atoms with van der Waals surface area (Å²) in [7, 11) is 0. The van der Waals surface area contributed by atoms with E-state index in [0.29, 0.717) is 6.54 Å². The van der Waals surface area contributed by atoms with E-state index in [1.807, 2.05) is 24.3 Å². The fourth-order valence-corrected chi connectivity index (χ4v) is 2.40. The molecule has 2 N–H and O–H groups in total. The van der Waals surface area contributed by atoms with E-state index in [2.05, 4.69) is 22.0 Å². The maximum atomic E-state index is 5.76. The van der Waals surface area contributed by atoms with Gasteiger partial charge in [-0.25, -0.2) is 9.97 Å². The van der Waals surface area contributed by atoms with Gasteiger partial charge in [-0.3, -0.25) is 0 Å². The third kappa shape index (κ3) is 3.08. The number of anilines is 1. The molecule has 1 aliphatic rings. The van der Waals surface area contributed by atoms with Gasteiger partial charge in [-0.05, 0) is 18.9 Å². The lowest BCUT2D eigenvalue weighted by Crippen LogP contribution is -2.21. The second-order valence-electron chi connectivity index (χ2n) is 4.81. The van der Waals surface area contributed by atoms with Gasteiger partial charge in [0, 0.05) is 25.2 Å². The number of hydrogen-bond acceptors (Lipinski definition) is 4. The molecule has 1 saturated heterocycles. The smallest absolute Gasteiger partial charge is 0.226 e. The van der Waals surface area contributed by atoms with Gasteiger partial charge >= 0.3 is 0 Å². The molecule has 20 heavy (non-hydrogen) atoms. The summed E-state index contributed by atoms with van der Waals surface area (Å²) in [6, 6.07) is 12.2. The molecule has 0 bridgehead atoms. The van der Waals surface area contributed by atoms with Crippen molar-refractivity contribution in [2.45, 2.75) is 19.4 Å². The highest BCUT2D eigenvalue weighted by atomic mass is 35.5. The molecule has 0 saturated carbocycles. The van der Waals surface area contributed by atoms with Crippen LogP contribution in [0.5, 0.6) is 0 Å². The second kappa shape index (κ2) is 6.68. The zero-order valence-electron chi connectivity index (χ0n) is 11.3. The van der Waals surface area contributed by atoms with Gasteiger partial charge in [-0.15, -0.1) is 12.4 Å². The van der Waals surface area contributed by atoms with E-state index in [9.17, 15) is 0 Å². The van der Waals surface area contributed by atoms with E-state index in [-0.39, 0.29) is 12.4 Å². The average molecular weight is 291 g/mol. The summed E-state index contributed by atoms with van der Waals surface area (Å²) < 4.78 is 0. The van der Waals surface area contributed by atoms with Crippen LogP contribution in [0, 0.1) is 0 Å². The number of hydrogen-bond donors (Lipinski definition) is 1. The molecule has 4 nitrogen and oxygen atoms in total. The van der Waals surface area contributed by atoms with Crippen LogP contribution in [0.3, 0.4) is 0 Å². The summed E-state index contributed by atoms with van der Waals surface area (Å²) in [5.41, 5.74) is 8.72. The Kier molecular flexibility index (Phi) is 4.93. The van der Waals surface area contributed by atoms with Crippen LogP contribution in [0.4, 0.5) is 5.95 Å². The minimum Gasteiger partial charge on any atom is -0.341 e. The third-order valence-electron chi connectivity index (χ3n) is 3.43. The standard InChI is InChI=1S/C15H18N4.ClH/c16-11-13-10-14(12-6-2-1-3-7-12)18-15(17-13)19-8-4-5-9-19;/h1-3,6-7,10H,4-5,8-9,11,16H2;1H. The number of nitrogens with two attached hydrogens (primary N) is 1. The monoisotopic (exact) mass is 290 g/mol. The zero-order chi connectivity index (χ0) is 13.1.